The summed E-state index contributed by atoms with van der Waals surface area (Å²) in [6.07, 6.45) is 3.20. The molecule has 0 saturated heterocycles. The molecule has 0 aliphatic heterocycles. The Bertz CT molecular complexity index is 1030. The average Bonchev–Trinajstić information content (AvgIpc) is 2.68. The van der Waals surface area contributed by atoms with Gasteiger partial charge in [-0.05, 0) is 55.0 Å². The molecule has 0 spiro atoms. The molecule has 2 amide bonds. The zero-order chi connectivity index (χ0) is 19.9. The van der Waals surface area contributed by atoms with Gasteiger partial charge in [-0.15, -0.1) is 0 Å². The van der Waals surface area contributed by atoms with Crippen LogP contribution in [0.1, 0.15) is 21.5 Å². The quantitative estimate of drug-likeness (QED) is 0.561. The van der Waals surface area contributed by atoms with E-state index in [2.05, 4.69) is 10.6 Å². The van der Waals surface area contributed by atoms with Crippen LogP contribution < -0.4 is 10.6 Å². The third-order valence-corrected chi connectivity index (χ3v) is 4.21. The standard InChI is InChI=1S/C23H19ClN2O2/c1-16-8-10-17(11-9-16)12-13-22(27)25-20-6-2-4-18(14-20)23(28)26-21-7-3-5-19(24)15-21/h2-15H,1H3,(H,25,27)(H,26,28)/b13-12+. The first-order valence-corrected chi connectivity index (χ1v) is 9.10. The fourth-order valence-corrected chi connectivity index (χ4v) is 2.73. The second kappa shape index (κ2) is 9.02. The number of rotatable bonds is 5. The number of halogens is 1. The largest absolute Gasteiger partial charge is 0.322 e. The molecule has 0 heterocycles. The second-order valence-electron chi connectivity index (χ2n) is 6.28. The van der Waals surface area contributed by atoms with Gasteiger partial charge in [-0.2, -0.15) is 0 Å². The minimum Gasteiger partial charge on any atom is -0.322 e. The topological polar surface area (TPSA) is 58.2 Å². The summed E-state index contributed by atoms with van der Waals surface area (Å²) < 4.78 is 0. The monoisotopic (exact) mass is 390 g/mol. The lowest BCUT2D eigenvalue weighted by Gasteiger charge is -2.08. The molecule has 2 N–H and O–H groups in total. The van der Waals surface area contributed by atoms with E-state index in [0.717, 1.165) is 11.1 Å². The Morgan fingerprint density at radius 2 is 1.54 bits per heavy atom. The normalized spacial score (nSPS) is 10.6. The minimum absolute atomic E-state index is 0.270. The van der Waals surface area contributed by atoms with Crippen LogP contribution in [0, 0.1) is 6.92 Å². The summed E-state index contributed by atoms with van der Waals surface area (Å²) in [7, 11) is 0. The van der Waals surface area contributed by atoms with Crippen molar-refractivity contribution in [2.45, 2.75) is 6.92 Å². The van der Waals surface area contributed by atoms with E-state index >= 15 is 0 Å². The Kier molecular flexibility index (Phi) is 6.25. The zero-order valence-electron chi connectivity index (χ0n) is 15.3. The van der Waals surface area contributed by atoms with Gasteiger partial charge in [0.25, 0.3) is 5.91 Å². The van der Waals surface area contributed by atoms with E-state index in [4.69, 9.17) is 11.6 Å². The molecule has 0 aliphatic carbocycles. The van der Waals surface area contributed by atoms with Crippen LogP contribution in [0.4, 0.5) is 11.4 Å². The summed E-state index contributed by atoms with van der Waals surface area (Å²) in [6, 6.07) is 21.5. The van der Waals surface area contributed by atoms with E-state index in [9.17, 15) is 9.59 Å². The van der Waals surface area contributed by atoms with E-state index in [-0.39, 0.29) is 11.8 Å². The van der Waals surface area contributed by atoms with Crippen molar-refractivity contribution in [3.05, 3.63) is 101 Å². The van der Waals surface area contributed by atoms with Crippen molar-refractivity contribution in [3.63, 3.8) is 0 Å². The summed E-state index contributed by atoms with van der Waals surface area (Å²) in [5.74, 6) is -0.554. The fourth-order valence-electron chi connectivity index (χ4n) is 2.54. The third-order valence-electron chi connectivity index (χ3n) is 3.98. The predicted molar refractivity (Wildman–Crippen MR) is 115 cm³/mol. The summed E-state index contributed by atoms with van der Waals surface area (Å²) in [5.41, 5.74) is 3.68. The van der Waals surface area contributed by atoms with Crippen molar-refractivity contribution in [3.8, 4) is 0 Å². The van der Waals surface area contributed by atoms with Crippen molar-refractivity contribution < 1.29 is 9.59 Å². The third kappa shape index (κ3) is 5.56. The highest BCUT2D eigenvalue weighted by Crippen LogP contribution is 2.17. The lowest BCUT2D eigenvalue weighted by Crippen LogP contribution is -2.13. The fraction of sp³-hybridized carbons (Fsp3) is 0.0435. The van der Waals surface area contributed by atoms with Crippen molar-refractivity contribution in [2.75, 3.05) is 10.6 Å². The number of benzene rings is 3. The van der Waals surface area contributed by atoms with Gasteiger partial charge < -0.3 is 10.6 Å². The predicted octanol–water partition coefficient (Wildman–Crippen LogP) is 5.55. The molecule has 4 nitrogen and oxygen atoms in total. The molecule has 28 heavy (non-hydrogen) atoms. The summed E-state index contributed by atoms with van der Waals surface area (Å²) in [6.45, 7) is 2.01. The molecule has 3 aromatic carbocycles. The number of anilines is 2. The Balaban J connectivity index is 1.64. The SMILES string of the molecule is Cc1ccc(/C=C/C(=O)Nc2cccc(C(=O)Nc3cccc(Cl)c3)c2)cc1. The molecule has 5 heteroatoms. The van der Waals surface area contributed by atoms with Crippen LogP contribution in [0.3, 0.4) is 0 Å². The molecule has 3 aromatic rings. The molecular weight excluding hydrogens is 372 g/mol. The first-order valence-electron chi connectivity index (χ1n) is 8.72. The lowest BCUT2D eigenvalue weighted by molar-refractivity contribution is -0.111. The van der Waals surface area contributed by atoms with E-state index in [1.54, 1.807) is 54.6 Å². The number of carbonyl (C=O) groups excluding carboxylic acids is 2. The molecule has 0 aliphatic rings. The van der Waals surface area contributed by atoms with Crippen LogP contribution in [0.2, 0.25) is 5.02 Å². The molecule has 0 bridgehead atoms. The molecule has 140 valence electrons. The number of hydrogen-bond donors (Lipinski definition) is 2. The van der Waals surface area contributed by atoms with Gasteiger partial charge in [-0.1, -0.05) is 53.6 Å². The number of nitrogens with one attached hydrogen (secondary N) is 2. The molecule has 0 unspecified atom stereocenters. The highest BCUT2D eigenvalue weighted by molar-refractivity contribution is 6.31. The highest BCUT2D eigenvalue weighted by Gasteiger charge is 2.08. The second-order valence-corrected chi connectivity index (χ2v) is 6.71. The van der Waals surface area contributed by atoms with Crippen LogP contribution in [-0.4, -0.2) is 11.8 Å². The van der Waals surface area contributed by atoms with Crippen molar-refractivity contribution >= 4 is 40.9 Å². The van der Waals surface area contributed by atoms with Crippen molar-refractivity contribution in [1.29, 1.82) is 0 Å². The first kappa shape index (κ1) is 19.4. The van der Waals surface area contributed by atoms with Crippen LogP contribution in [0.25, 0.3) is 6.08 Å². The van der Waals surface area contributed by atoms with E-state index in [0.29, 0.717) is 22.0 Å². The number of amides is 2. The lowest BCUT2D eigenvalue weighted by atomic mass is 10.1. The number of aryl methyl sites for hydroxylation is 1. The summed E-state index contributed by atoms with van der Waals surface area (Å²) in [4.78, 5) is 24.6. The molecular formula is C23H19ClN2O2. The van der Waals surface area contributed by atoms with Gasteiger partial charge >= 0.3 is 0 Å². The molecule has 0 fully saturated rings. The van der Waals surface area contributed by atoms with Crippen LogP contribution in [0.15, 0.2) is 78.9 Å². The summed E-state index contributed by atoms with van der Waals surface area (Å²) >= 11 is 5.93. The molecule has 0 radical (unpaired) electrons. The van der Waals surface area contributed by atoms with Gasteiger partial charge in [0.15, 0.2) is 0 Å². The van der Waals surface area contributed by atoms with Crippen LogP contribution >= 0.6 is 11.6 Å². The maximum absolute atomic E-state index is 12.4. The van der Waals surface area contributed by atoms with Crippen LogP contribution in [0.5, 0.6) is 0 Å². The Morgan fingerprint density at radius 1 is 0.857 bits per heavy atom. The van der Waals surface area contributed by atoms with Gasteiger partial charge in [0.2, 0.25) is 5.91 Å². The highest BCUT2D eigenvalue weighted by atomic mass is 35.5. The van der Waals surface area contributed by atoms with Crippen molar-refractivity contribution in [2.24, 2.45) is 0 Å². The number of carbonyl (C=O) groups is 2. The van der Waals surface area contributed by atoms with Gasteiger partial charge in [0.05, 0.1) is 0 Å². The van der Waals surface area contributed by atoms with E-state index in [1.165, 1.54) is 6.08 Å². The molecule has 0 saturated carbocycles. The van der Waals surface area contributed by atoms with Gasteiger partial charge in [0.1, 0.15) is 0 Å². The molecule has 3 rings (SSSR count). The van der Waals surface area contributed by atoms with Gasteiger partial charge in [-0.25, -0.2) is 0 Å². The Hall–Kier alpha value is -3.37. The van der Waals surface area contributed by atoms with Crippen molar-refractivity contribution in [1.82, 2.24) is 0 Å². The van der Waals surface area contributed by atoms with Gasteiger partial charge in [-0.3, -0.25) is 9.59 Å². The van der Waals surface area contributed by atoms with E-state index in [1.807, 2.05) is 31.2 Å². The maximum atomic E-state index is 12.4. The van der Waals surface area contributed by atoms with Gasteiger partial charge in [0, 0.05) is 28.0 Å². The smallest absolute Gasteiger partial charge is 0.255 e. The molecule has 0 atom stereocenters. The number of hydrogen-bond acceptors (Lipinski definition) is 2. The summed E-state index contributed by atoms with van der Waals surface area (Å²) in [5, 5.41) is 6.09. The average molecular weight is 391 g/mol. The van der Waals surface area contributed by atoms with Crippen LogP contribution in [-0.2, 0) is 4.79 Å². The maximum Gasteiger partial charge on any atom is 0.255 e. The minimum atomic E-state index is -0.284. The zero-order valence-corrected chi connectivity index (χ0v) is 16.0. The Morgan fingerprint density at radius 3 is 2.25 bits per heavy atom. The Labute approximate surface area is 168 Å². The first-order chi connectivity index (χ1) is 13.5. The molecule has 0 aromatic heterocycles. The van der Waals surface area contributed by atoms with E-state index < -0.39 is 0 Å².